The van der Waals surface area contributed by atoms with Crippen molar-refractivity contribution in [3.05, 3.63) is 59.8 Å². The zero-order valence-corrected chi connectivity index (χ0v) is 18.7. The van der Waals surface area contributed by atoms with Crippen LogP contribution < -0.4 is 22.1 Å². The molecule has 7 nitrogen and oxygen atoms in total. The van der Waals surface area contributed by atoms with Crippen LogP contribution in [0.25, 0.3) is 5.73 Å². The Morgan fingerprint density at radius 3 is 2.36 bits per heavy atom. The molecule has 1 atom stereocenters. The number of carbonyl (C=O) groups excluding carboxylic acids is 1. The molecule has 7 N–H and O–H groups in total. The number of urea groups is 1. The average Bonchev–Trinajstić information content (AvgIpc) is 2.48. The maximum atomic E-state index is 12.0. The Labute approximate surface area is 183 Å². The first-order valence-corrected chi connectivity index (χ1v) is 7.50. The van der Waals surface area contributed by atoms with Gasteiger partial charge < -0.3 is 27.8 Å². The second-order valence-electron chi connectivity index (χ2n) is 5.47. The largest absolute Gasteiger partial charge is 0.675 e. The summed E-state index contributed by atoms with van der Waals surface area (Å²) in [6.07, 6.45) is 0.685. The predicted molar refractivity (Wildman–Crippen MR) is 98.5 cm³/mol. The molecule has 8 heteroatoms. The van der Waals surface area contributed by atoms with Gasteiger partial charge in [-0.1, -0.05) is 25.1 Å². The average molecular weight is 552 g/mol. The van der Waals surface area contributed by atoms with Crippen LogP contribution in [0.4, 0.5) is 21.9 Å². The molecule has 0 heterocycles. The molecule has 2 aromatic carbocycles. The van der Waals surface area contributed by atoms with E-state index in [0.717, 1.165) is 5.56 Å². The molecule has 0 aromatic heterocycles. The number of amides is 2. The normalized spacial score (nSPS) is 11.0. The molecule has 2 aromatic rings. The number of nitrogens with one attached hydrogen (secondary N) is 3. The summed E-state index contributed by atoms with van der Waals surface area (Å²) in [6.45, 7) is 1.84. The maximum absolute atomic E-state index is 12.0. The number of benzene rings is 2. The van der Waals surface area contributed by atoms with E-state index >= 15 is 0 Å². The molecule has 2 amide bonds. The minimum atomic E-state index is -0.363. The first-order valence-electron chi connectivity index (χ1n) is 7.50. The molecular formula is C17H21AcN6O-. The van der Waals surface area contributed by atoms with Crippen molar-refractivity contribution in [2.24, 2.45) is 16.5 Å². The Kier molecular flexibility index (Phi) is 8.90. The molecule has 0 spiro atoms. The fourth-order valence-corrected chi connectivity index (χ4v) is 2.17. The van der Waals surface area contributed by atoms with Gasteiger partial charge in [-0.3, -0.25) is 0 Å². The number of hydrogen-bond acceptors (Lipinski definition) is 2. The van der Waals surface area contributed by atoms with E-state index in [1.165, 1.54) is 0 Å². The quantitative estimate of drug-likeness (QED) is 0.336. The number of anilines is 2. The molecular weight excluding hydrogens is 531 g/mol. The summed E-state index contributed by atoms with van der Waals surface area (Å²) in [6, 6.07) is 13.8. The van der Waals surface area contributed by atoms with Gasteiger partial charge in [-0.25, -0.2) is 9.79 Å². The van der Waals surface area contributed by atoms with Crippen molar-refractivity contribution >= 4 is 29.1 Å². The Morgan fingerprint density at radius 1 is 1.12 bits per heavy atom. The van der Waals surface area contributed by atoms with Gasteiger partial charge in [0.05, 0.1) is 5.69 Å². The standard InChI is InChI=1S/C17H21N6O.Ac/c1-11(18)9-12-5-7-13(8-6-12)22-17(24)23-15-4-2-3-14(10-15)21-16(19)20;/h2-8,10-11,18H,9H2,1H3,(H4,19,20,21)(H2,22,23,24);/q-1;. The topological polar surface area (TPSA) is 129 Å². The van der Waals surface area contributed by atoms with Crippen LogP contribution in [0.15, 0.2) is 53.5 Å². The van der Waals surface area contributed by atoms with Gasteiger partial charge in [0, 0.05) is 55.4 Å². The number of hydrogen-bond donors (Lipinski definition) is 4. The Hall–Kier alpha value is -1.62. The van der Waals surface area contributed by atoms with Crippen LogP contribution in [0, 0.1) is 44.1 Å². The first kappa shape index (κ1) is 21.4. The molecule has 25 heavy (non-hydrogen) atoms. The number of nitrogens with two attached hydrogens (primary N) is 2. The number of guanidine groups is 1. The molecule has 0 saturated heterocycles. The third kappa shape index (κ3) is 7.87. The smallest absolute Gasteiger partial charge is 0.323 e. The van der Waals surface area contributed by atoms with Crippen molar-refractivity contribution in [3.63, 3.8) is 0 Å². The van der Waals surface area contributed by atoms with Crippen LogP contribution in [0.1, 0.15) is 12.5 Å². The van der Waals surface area contributed by atoms with Crippen LogP contribution in [-0.4, -0.2) is 18.0 Å². The van der Waals surface area contributed by atoms with Crippen molar-refractivity contribution in [3.8, 4) is 0 Å². The van der Waals surface area contributed by atoms with Crippen molar-refractivity contribution in [1.29, 1.82) is 0 Å². The summed E-state index contributed by atoms with van der Waals surface area (Å²) in [5.74, 6) is -0.0429. The second kappa shape index (κ2) is 10.4. The van der Waals surface area contributed by atoms with E-state index in [1.54, 1.807) is 24.3 Å². The molecule has 1 unspecified atom stereocenters. The van der Waals surface area contributed by atoms with E-state index in [-0.39, 0.29) is 62.1 Å². The van der Waals surface area contributed by atoms with E-state index < -0.39 is 0 Å². The van der Waals surface area contributed by atoms with Crippen molar-refractivity contribution < 1.29 is 48.9 Å². The summed E-state index contributed by atoms with van der Waals surface area (Å²) < 4.78 is 0. The summed E-state index contributed by atoms with van der Waals surface area (Å²) in [4.78, 5) is 16.0. The number of nitrogens with zero attached hydrogens (tertiary/aromatic N) is 1. The van der Waals surface area contributed by atoms with Crippen LogP contribution in [0.5, 0.6) is 0 Å². The fourth-order valence-electron chi connectivity index (χ4n) is 2.17. The third-order valence-corrected chi connectivity index (χ3v) is 3.12. The molecule has 1 radical (unpaired) electrons. The van der Waals surface area contributed by atoms with Crippen molar-refractivity contribution in [2.45, 2.75) is 19.4 Å². The van der Waals surface area contributed by atoms with Gasteiger partial charge in [0.1, 0.15) is 0 Å². The van der Waals surface area contributed by atoms with Crippen molar-refractivity contribution in [2.75, 3.05) is 10.6 Å². The third-order valence-electron chi connectivity index (χ3n) is 3.12. The van der Waals surface area contributed by atoms with Gasteiger partial charge in [0.25, 0.3) is 0 Å². The van der Waals surface area contributed by atoms with Crippen LogP contribution >= 0.6 is 0 Å². The van der Waals surface area contributed by atoms with Gasteiger partial charge in [0.15, 0.2) is 5.96 Å². The Morgan fingerprint density at radius 2 is 1.76 bits per heavy atom. The van der Waals surface area contributed by atoms with E-state index in [1.807, 2.05) is 31.2 Å². The molecule has 2 rings (SSSR count). The summed E-state index contributed by atoms with van der Waals surface area (Å²) in [7, 11) is 0. The van der Waals surface area contributed by atoms with E-state index in [2.05, 4.69) is 15.6 Å². The van der Waals surface area contributed by atoms with Gasteiger partial charge in [-0.15, -0.1) is 6.04 Å². The van der Waals surface area contributed by atoms with Crippen LogP contribution in [0.3, 0.4) is 0 Å². The zero-order chi connectivity index (χ0) is 17.5. The molecule has 0 saturated carbocycles. The second-order valence-corrected chi connectivity index (χ2v) is 5.47. The molecule has 0 aliphatic rings. The van der Waals surface area contributed by atoms with Gasteiger partial charge in [-0.2, -0.15) is 0 Å². The summed E-state index contributed by atoms with van der Waals surface area (Å²) >= 11 is 0. The number of rotatable bonds is 5. The Balaban J connectivity index is 0.00000312. The number of aliphatic imine (C=N–C) groups is 1. The van der Waals surface area contributed by atoms with E-state index in [9.17, 15) is 4.79 Å². The van der Waals surface area contributed by atoms with E-state index in [0.29, 0.717) is 23.5 Å². The fraction of sp³-hybridized carbons (Fsp3) is 0.176. The molecule has 0 aliphatic carbocycles. The van der Waals surface area contributed by atoms with Crippen LogP contribution in [0.2, 0.25) is 0 Å². The SMILES string of the molecule is CC([NH-])Cc1ccc(NC(=O)Nc2cccc(N=C(N)N)c2)cc1.[Ac]. The predicted octanol–water partition coefficient (Wildman–Crippen LogP) is 3.22. The van der Waals surface area contributed by atoms with Gasteiger partial charge >= 0.3 is 6.03 Å². The molecule has 129 valence electrons. The van der Waals surface area contributed by atoms with E-state index in [4.69, 9.17) is 17.2 Å². The minimum Gasteiger partial charge on any atom is -0.675 e. The first-order chi connectivity index (χ1) is 11.4. The summed E-state index contributed by atoms with van der Waals surface area (Å²) in [5, 5.41) is 5.47. The molecule has 0 bridgehead atoms. The van der Waals surface area contributed by atoms with Gasteiger partial charge in [0.2, 0.25) is 0 Å². The number of carbonyl (C=O) groups is 1. The summed E-state index contributed by atoms with van der Waals surface area (Å²) in [5.41, 5.74) is 21.1. The van der Waals surface area contributed by atoms with Crippen molar-refractivity contribution in [1.82, 2.24) is 0 Å². The van der Waals surface area contributed by atoms with Gasteiger partial charge in [-0.05, 0) is 42.3 Å². The van der Waals surface area contributed by atoms with Crippen LogP contribution in [-0.2, 0) is 6.42 Å². The Bertz CT molecular complexity index is 726. The molecule has 0 fully saturated rings. The monoisotopic (exact) mass is 552 g/mol. The maximum Gasteiger partial charge on any atom is 0.323 e. The minimum absolute atomic E-state index is 0. The molecule has 0 aliphatic heterocycles. The zero-order valence-electron chi connectivity index (χ0n) is 14.0.